The van der Waals surface area contributed by atoms with E-state index >= 15 is 0 Å². The van der Waals surface area contributed by atoms with E-state index in [-0.39, 0.29) is 11.3 Å². The van der Waals surface area contributed by atoms with Crippen LogP contribution >= 0.6 is 11.3 Å². The molecule has 1 saturated heterocycles. The van der Waals surface area contributed by atoms with Gasteiger partial charge in [-0.05, 0) is 36.3 Å². The molecule has 132 valence electrons. The van der Waals surface area contributed by atoms with Gasteiger partial charge in [-0.15, -0.1) is 11.3 Å². The van der Waals surface area contributed by atoms with Crippen LogP contribution in [0.1, 0.15) is 34.8 Å². The molecule has 0 atom stereocenters. The van der Waals surface area contributed by atoms with Crippen molar-refractivity contribution in [3.05, 3.63) is 64.7 Å². The van der Waals surface area contributed by atoms with Gasteiger partial charge in [0.1, 0.15) is 5.82 Å². The van der Waals surface area contributed by atoms with Crippen LogP contribution in [0.3, 0.4) is 0 Å². The van der Waals surface area contributed by atoms with Crippen LogP contribution in [0.25, 0.3) is 11.3 Å². The minimum Gasteiger partial charge on any atom is -0.338 e. The summed E-state index contributed by atoms with van der Waals surface area (Å²) in [4.78, 5) is 20.3. The Morgan fingerprint density at radius 3 is 2.50 bits per heavy atom. The Kier molecular flexibility index (Phi) is 3.71. The van der Waals surface area contributed by atoms with Gasteiger partial charge >= 0.3 is 0 Å². The fourth-order valence-electron chi connectivity index (χ4n) is 4.47. The summed E-state index contributed by atoms with van der Waals surface area (Å²) >= 11 is 1.53. The Bertz CT molecular complexity index is 922. The number of carbonyl (C=O) groups excluding carboxylic acids is 1. The van der Waals surface area contributed by atoms with Crippen LogP contribution in [-0.4, -0.2) is 33.4 Å². The number of amides is 1. The largest absolute Gasteiger partial charge is 0.338 e. The van der Waals surface area contributed by atoms with Crippen LogP contribution in [0.5, 0.6) is 0 Å². The number of benzene rings is 1. The van der Waals surface area contributed by atoms with Crippen LogP contribution < -0.4 is 0 Å². The van der Waals surface area contributed by atoms with E-state index < -0.39 is 0 Å². The molecule has 0 aliphatic carbocycles. The Balaban J connectivity index is 1.38. The summed E-state index contributed by atoms with van der Waals surface area (Å²) in [5, 5.41) is 1.97. The van der Waals surface area contributed by atoms with Crippen molar-refractivity contribution in [2.45, 2.75) is 31.2 Å². The summed E-state index contributed by atoms with van der Waals surface area (Å²) in [6.07, 6.45) is 5.18. The standard InChI is InChI=1S/C21H21N3OS/c25-19(18-7-4-14-26-18)23-11-8-21(9-12-23)10-13-24-17(15-22-20(21)24)16-5-2-1-3-6-16/h1-7,14-15H,8-13H2. The number of rotatable bonds is 2. The van der Waals surface area contributed by atoms with E-state index in [1.165, 1.54) is 28.4 Å². The molecule has 2 aliphatic rings. The Morgan fingerprint density at radius 1 is 1.00 bits per heavy atom. The number of hydrogen-bond acceptors (Lipinski definition) is 3. The Hall–Kier alpha value is -2.40. The molecule has 1 fully saturated rings. The quantitative estimate of drug-likeness (QED) is 0.685. The van der Waals surface area contributed by atoms with Gasteiger partial charge in [-0.25, -0.2) is 4.98 Å². The van der Waals surface area contributed by atoms with Crippen LogP contribution in [-0.2, 0) is 12.0 Å². The van der Waals surface area contributed by atoms with E-state index in [0.29, 0.717) is 0 Å². The molecule has 1 amide bonds. The van der Waals surface area contributed by atoms with E-state index in [2.05, 4.69) is 28.8 Å². The first-order valence-corrected chi connectivity index (χ1v) is 10.1. The summed E-state index contributed by atoms with van der Waals surface area (Å²) < 4.78 is 2.39. The van der Waals surface area contributed by atoms with E-state index in [1.54, 1.807) is 0 Å². The van der Waals surface area contributed by atoms with Crippen molar-refractivity contribution in [3.63, 3.8) is 0 Å². The van der Waals surface area contributed by atoms with Gasteiger partial charge in [-0.1, -0.05) is 36.4 Å². The first-order valence-electron chi connectivity index (χ1n) is 9.21. The van der Waals surface area contributed by atoms with Gasteiger partial charge < -0.3 is 9.47 Å². The van der Waals surface area contributed by atoms with Crippen LogP contribution in [0.2, 0.25) is 0 Å². The summed E-state index contributed by atoms with van der Waals surface area (Å²) in [5.74, 6) is 1.40. The van der Waals surface area contributed by atoms with Crippen LogP contribution in [0.15, 0.2) is 54.0 Å². The molecule has 4 nitrogen and oxygen atoms in total. The maximum Gasteiger partial charge on any atom is 0.263 e. The number of likely N-dealkylation sites (tertiary alicyclic amines) is 1. The molecule has 0 radical (unpaired) electrons. The van der Waals surface area contributed by atoms with Gasteiger partial charge in [0, 0.05) is 25.0 Å². The third-order valence-corrected chi connectivity index (χ3v) is 6.81. The van der Waals surface area contributed by atoms with Gasteiger partial charge in [0.25, 0.3) is 5.91 Å². The highest BCUT2D eigenvalue weighted by Gasteiger charge is 2.44. The Morgan fingerprint density at radius 2 is 1.77 bits per heavy atom. The zero-order valence-corrected chi connectivity index (χ0v) is 15.4. The molecule has 2 aromatic heterocycles. The van der Waals surface area contributed by atoms with Crippen molar-refractivity contribution >= 4 is 17.2 Å². The number of aromatic nitrogens is 2. The zero-order valence-electron chi connectivity index (χ0n) is 14.6. The van der Waals surface area contributed by atoms with Crippen molar-refractivity contribution in [1.82, 2.24) is 14.5 Å². The predicted molar refractivity (Wildman–Crippen MR) is 103 cm³/mol. The maximum atomic E-state index is 12.6. The first-order chi connectivity index (χ1) is 12.8. The number of fused-ring (bicyclic) bond motifs is 2. The van der Waals surface area contributed by atoms with Crippen molar-refractivity contribution < 1.29 is 4.79 Å². The van der Waals surface area contributed by atoms with E-state index in [1.807, 2.05) is 34.7 Å². The minimum absolute atomic E-state index is 0.138. The molecule has 0 N–H and O–H groups in total. The van der Waals surface area contributed by atoms with Crippen LogP contribution in [0.4, 0.5) is 0 Å². The molecule has 2 aliphatic heterocycles. The molecule has 4 heterocycles. The van der Waals surface area contributed by atoms with E-state index in [4.69, 9.17) is 4.98 Å². The zero-order chi connectivity index (χ0) is 17.6. The monoisotopic (exact) mass is 363 g/mol. The van der Waals surface area contributed by atoms with E-state index in [9.17, 15) is 4.79 Å². The van der Waals surface area contributed by atoms with Crippen molar-refractivity contribution in [3.8, 4) is 11.3 Å². The number of carbonyl (C=O) groups is 1. The second-order valence-electron chi connectivity index (χ2n) is 7.28. The highest BCUT2D eigenvalue weighted by Crippen LogP contribution is 2.44. The minimum atomic E-state index is 0.138. The van der Waals surface area contributed by atoms with Gasteiger partial charge in [-0.2, -0.15) is 0 Å². The SMILES string of the molecule is O=C(c1cccs1)N1CCC2(CC1)CCn1c(-c3ccccc3)cnc12. The molecule has 5 heteroatoms. The summed E-state index contributed by atoms with van der Waals surface area (Å²) in [5.41, 5.74) is 2.59. The van der Waals surface area contributed by atoms with Gasteiger partial charge in [-0.3, -0.25) is 4.79 Å². The van der Waals surface area contributed by atoms with Gasteiger partial charge in [0.05, 0.1) is 16.8 Å². The van der Waals surface area contributed by atoms with Crippen molar-refractivity contribution in [2.75, 3.05) is 13.1 Å². The van der Waals surface area contributed by atoms with Crippen molar-refractivity contribution in [1.29, 1.82) is 0 Å². The lowest BCUT2D eigenvalue weighted by Crippen LogP contribution is -2.44. The molecule has 1 aromatic carbocycles. The highest BCUT2D eigenvalue weighted by atomic mass is 32.1. The molecular weight excluding hydrogens is 342 g/mol. The second-order valence-corrected chi connectivity index (χ2v) is 8.23. The van der Waals surface area contributed by atoms with Gasteiger partial charge in [0.15, 0.2) is 0 Å². The molecule has 3 aromatic rings. The molecule has 5 rings (SSSR count). The van der Waals surface area contributed by atoms with Gasteiger partial charge in [0.2, 0.25) is 0 Å². The number of nitrogens with zero attached hydrogens (tertiary/aromatic N) is 3. The molecular formula is C21H21N3OS. The normalized spacial score (nSPS) is 18.2. The average molecular weight is 363 g/mol. The molecule has 1 spiro atoms. The fourth-order valence-corrected chi connectivity index (χ4v) is 5.16. The summed E-state index contributed by atoms with van der Waals surface area (Å²) in [6, 6.07) is 14.4. The third kappa shape index (κ3) is 2.42. The number of hydrogen-bond donors (Lipinski definition) is 0. The molecule has 0 unspecified atom stereocenters. The number of imidazole rings is 1. The maximum absolute atomic E-state index is 12.6. The topological polar surface area (TPSA) is 38.1 Å². The molecule has 0 bridgehead atoms. The smallest absolute Gasteiger partial charge is 0.263 e. The second kappa shape index (κ2) is 6.09. The number of thiophene rings is 1. The van der Waals surface area contributed by atoms with E-state index in [0.717, 1.165) is 43.8 Å². The fraction of sp³-hybridized carbons (Fsp3) is 0.333. The lowest BCUT2D eigenvalue weighted by molar-refractivity contribution is 0.0668. The first kappa shape index (κ1) is 15.8. The molecule has 0 saturated carbocycles. The summed E-state index contributed by atoms with van der Waals surface area (Å²) in [6.45, 7) is 2.67. The van der Waals surface area contributed by atoms with Crippen LogP contribution in [0, 0.1) is 0 Å². The predicted octanol–water partition coefficient (Wildman–Crippen LogP) is 4.19. The lowest BCUT2D eigenvalue weighted by Gasteiger charge is -2.38. The number of piperidine rings is 1. The van der Waals surface area contributed by atoms with Crippen molar-refractivity contribution in [2.24, 2.45) is 0 Å². The average Bonchev–Trinajstić information content (AvgIpc) is 3.42. The highest BCUT2D eigenvalue weighted by molar-refractivity contribution is 7.12. The third-order valence-electron chi connectivity index (χ3n) is 5.95. The lowest BCUT2D eigenvalue weighted by atomic mass is 9.76. The summed E-state index contributed by atoms with van der Waals surface area (Å²) in [7, 11) is 0. The Labute approximate surface area is 157 Å². The molecule has 26 heavy (non-hydrogen) atoms.